The Kier molecular flexibility index (Phi) is 5.55. The van der Waals surface area contributed by atoms with Crippen LogP contribution in [0.4, 0.5) is 13.2 Å². The minimum absolute atomic E-state index is 0.0666. The van der Waals surface area contributed by atoms with Crippen LogP contribution in [-0.4, -0.2) is 18.5 Å². The zero-order valence-electron chi connectivity index (χ0n) is 14.2. The van der Waals surface area contributed by atoms with E-state index >= 15 is 0 Å². The molecule has 1 heterocycles. The topological polar surface area (TPSA) is 55.4 Å². The summed E-state index contributed by atoms with van der Waals surface area (Å²) < 4.78 is 45.2. The van der Waals surface area contributed by atoms with Crippen molar-refractivity contribution in [2.75, 3.05) is 6.61 Å². The number of hydrogen-bond donors (Lipinski definition) is 1. The van der Waals surface area contributed by atoms with E-state index < -0.39 is 29.5 Å². The number of rotatable bonds is 4. The smallest absolute Gasteiger partial charge is 0.416 e. The van der Waals surface area contributed by atoms with Gasteiger partial charge in [-0.15, -0.1) is 0 Å². The van der Waals surface area contributed by atoms with Gasteiger partial charge in [0.25, 0.3) is 0 Å². The van der Waals surface area contributed by atoms with Gasteiger partial charge < -0.3 is 10.1 Å². The van der Waals surface area contributed by atoms with Crippen LogP contribution in [0.5, 0.6) is 0 Å². The van der Waals surface area contributed by atoms with Crippen molar-refractivity contribution < 1.29 is 27.5 Å². The minimum Gasteiger partial charge on any atom is -0.462 e. The number of amides is 1. The maximum atomic E-state index is 13.3. The van der Waals surface area contributed by atoms with Crippen molar-refractivity contribution in [3.05, 3.63) is 46.7 Å². The molecule has 0 saturated carbocycles. The highest BCUT2D eigenvalue weighted by atomic mass is 19.4. The van der Waals surface area contributed by atoms with E-state index in [1.165, 1.54) is 25.1 Å². The number of alkyl halides is 3. The number of allylic oxidation sites excluding steroid dienone is 1. The van der Waals surface area contributed by atoms with Gasteiger partial charge in [-0.1, -0.05) is 32.0 Å². The Bertz CT molecular complexity index is 708. The molecule has 1 aromatic carbocycles. The lowest BCUT2D eigenvalue weighted by atomic mass is 9.82. The van der Waals surface area contributed by atoms with Gasteiger partial charge in [0, 0.05) is 18.0 Å². The number of hydrogen-bond acceptors (Lipinski definition) is 3. The molecule has 0 spiro atoms. The van der Waals surface area contributed by atoms with Crippen LogP contribution in [0.1, 0.15) is 44.2 Å². The zero-order valence-corrected chi connectivity index (χ0v) is 14.2. The van der Waals surface area contributed by atoms with E-state index in [-0.39, 0.29) is 35.8 Å². The lowest BCUT2D eigenvalue weighted by Crippen LogP contribution is -2.35. The fourth-order valence-electron chi connectivity index (χ4n) is 2.82. The maximum Gasteiger partial charge on any atom is 0.416 e. The molecule has 25 heavy (non-hydrogen) atoms. The third-order valence-electron chi connectivity index (χ3n) is 3.88. The molecule has 136 valence electrons. The third-order valence-corrected chi connectivity index (χ3v) is 3.88. The SMILES string of the molecule is CC1=C(C(=O)OCC(C)C)C(c2ccccc2C(F)(F)F)CC(=O)N1. The minimum atomic E-state index is -4.58. The van der Waals surface area contributed by atoms with Crippen LogP contribution in [0.3, 0.4) is 0 Å². The average Bonchev–Trinajstić information content (AvgIpc) is 2.51. The largest absolute Gasteiger partial charge is 0.462 e. The van der Waals surface area contributed by atoms with E-state index in [1.807, 2.05) is 13.8 Å². The van der Waals surface area contributed by atoms with Crippen molar-refractivity contribution in [3.63, 3.8) is 0 Å². The predicted octanol–water partition coefficient (Wildman–Crippen LogP) is 3.78. The van der Waals surface area contributed by atoms with E-state index in [4.69, 9.17) is 4.74 Å². The number of halogens is 3. The predicted molar refractivity (Wildman–Crippen MR) is 85.4 cm³/mol. The van der Waals surface area contributed by atoms with E-state index in [9.17, 15) is 22.8 Å². The molecule has 0 saturated heterocycles. The summed E-state index contributed by atoms with van der Waals surface area (Å²) in [6, 6.07) is 5.00. The molecule has 0 bridgehead atoms. The fraction of sp³-hybridized carbons (Fsp3) is 0.444. The van der Waals surface area contributed by atoms with Crippen LogP contribution >= 0.6 is 0 Å². The summed E-state index contributed by atoms with van der Waals surface area (Å²) in [6.45, 7) is 5.35. The van der Waals surface area contributed by atoms with Crippen molar-refractivity contribution in [3.8, 4) is 0 Å². The molecular weight excluding hydrogens is 335 g/mol. The molecular formula is C18H20F3NO3. The summed E-state index contributed by atoms with van der Waals surface area (Å²) >= 11 is 0. The Balaban J connectivity index is 2.49. The van der Waals surface area contributed by atoms with Crippen LogP contribution in [-0.2, 0) is 20.5 Å². The summed E-state index contributed by atoms with van der Waals surface area (Å²) in [5.74, 6) is -2.04. The zero-order chi connectivity index (χ0) is 18.8. The lowest BCUT2D eigenvalue weighted by molar-refractivity contribution is -0.142. The second-order valence-electron chi connectivity index (χ2n) is 6.42. The highest BCUT2D eigenvalue weighted by Gasteiger charge is 2.40. The van der Waals surface area contributed by atoms with E-state index in [0.717, 1.165) is 6.07 Å². The first-order valence-electron chi connectivity index (χ1n) is 7.95. The lowest BCUT2D eigenvalue weighted by Gasteiger charge is -2.28. The van der Waals surface area contributed by atoms with E-state index in [2.05, 4.69) is 5.32 Å². The Hall–Kier alpha value is -2.31. The van der Waals surface area contributed by atoms with Gasteiger partial charge in [-0.2, -0.15) is 13.2 Å². The van der Waals surface area contributed by atoms with Crippen molar-refractivity contribution >= 4 is 11.9 Å². The molecule has 1 aliphatic heterocycles. The third kappa shape index (κ3) is 4.41. The second kappa shape index (κ2) is 7.29. The van der Waals surface area contributed by atoms with Crippen molar-refractivity contribution in [1.82, 2.24) is 5.32 Å². The first-order chi connectivity index (χ1) is 11.6. The van der Waals surface area contributed by atoms with E-state index in [0.29, 0.717) is 0 Å². The van der Waals surface area contributed by atoms with Gasteiger partial charge in [0.2, 0.25) is 5.91 Å². The number of esters is 1. The van der Waals surface area contributed by atoms with Crippen molar-refractivity contribution in [2.24, 2.45) is 5.92 Å². The van der Waals surface area contributed by atoms with Crippen LogP contribution in [0.2, 0.25) is 0 Å². The summed E-state index contributed by atoms with van der Waals surface area (Å²) in [4.78, 5) is 24.3. The molecule has 1 aromatic rings. The van der Waals surface area contributed by atoms with Gasteiger partial charge in [-0.3, -0.25) is 4.79 Å². The summed E-state index contributed by atoms with van der Waals surface area (Å²) in [6.07, 6.45) is -4.82. The van der Waals surface area contributed by atoms with Gasteiger partial charge in [0.15, 0.2) is 0 Å². The number of nitrogens with one attached hydrogen (secondary N) is 1. The molecule has 0 aromatic heterocycles. The maximum absolute atomic E-state index is 13.3. The van der Waals surface area contributed by atoms with Crippen LogP contribution in [0, 0.1) is 5.92 Å². The quantitative estimate of drug-likeness (QED) is 0.836. The molecule has 1 aliphatic rings. The van der Waals surface area contributed by atoms with Crippen molar-refractivity contribution in [1.29, 1.82) is 0 Å². The molecule has 0 aliphatic carbocycles. The first-order valence-corrected chi connectivity index (χ1v) is 7.95. The standard InChI is InChI=1S/C18H20F3NO3/c1-10(2)9-25-17(24)16-11(3)22-15(23)8-13(16)12-6-4-5-7-14(12)18(19,20)21/h4-7,10,13H,8-9H2,1-3H3,(H,22,23). The number of benzene rings is 1. The van der Waals surface area contributed by atoms with Gasteiger partial charge in [0.1, 0.15) is 0 Å². The van der Waals surface area contributed by atoms with Crippen LogP contribution in [0.15, 0.2) is 35.5 Å². The normalized spacial score (nSPS) is 18.4. The Morgan fingerprint density at radius 3 is 2.56 bits per heavy atom. The molecule has 0 radical (unpaired) electrons. The number of carbonyl (C=O) groups excluding carboxylic acids is 2. The highest BCUT2D eigenvalue weighted by Crippen LogP contribution is 2.41. The van der Waals surface area contributed by atoms with Crippen molar-refractivity contribution in [2.45, 2.75) is 39.3 Å². The van der Waals surface area contributed by atoms with Gasteiger partial charge >= 0.3 is 12.1 Å². The van der Waals surface area contributed by atoms with Gasteiger partial charge in [-0.05, 0) is 24.5 Å². The van der Waals surface area contributed by atoms with Crippen LogP contribution < -0.4 is 5.32 Å². The average molecular weight is 355 g/mol. The monoisotopic (exact) mass is 355 g/mol. The molecule has 1 atom stereocenters. The Morgan fingerprint density at radius 1 is 1.32 bits per heavy atom. The summed E-state index contributed by atoms with van der Waals surface area (Å²) in [5, 5.41) is 2.51. The summed E-state index contributed by atoms with van der Waals surface area (Å²) in [5.41, 5.74) is -0.652. The van der Waals surface area contributed by atoms with E-state index in [1.54, 1.807) is 0 Å². The number of ether oxygens (including phenoxy) is 1. The fourth-order valence-corrected chi connectivity index (χ4v) is 2.82. The molecule has 0 fully saturated rings. The van der Waals surface area contributed by atoms with Crippen LogP contribution in [0.25, 0.3) is 0 Å². The number of carbonyl (C=O) groups is 2. The molecule has 4 nitrogen and oxygen atoms in total. The van der Waals surface area contributed by atoms with Gasteiger partial charge in [-0.25, -0.2) is 4.79 Å². The Morgan fingerprint density at radius 2 is 1.96 bits per heavy atom. The second-order valence-corrected chi connectivity index (χ2v) is 6.42. The summed E-state index contributed by atoms with van der Waals surface area (Å²) in [7, 11) is 0. The molecule has 2 rings (SSSR count). The first kappa shape index (κ1) is 19.0. The molecule has 1 N–H and O–H groups in total. The highest BCUT2D eigenvalue weighted by molar-refractivity contribution is 5.95. The molecule has 7 heteroatoms. The molecule has 1 unspecified atom stereocenters. The van der Waals surface area contributed by atoms with Gasteiger partial charge in [0.05, 0.1) is 17.7 Å². The molecule has 1 amide bonds. The Labute approximate surface area is 144 Å².